The van der Waals surface area contributed by atoms with Crippen molar-refractivity contribution in [1.82, 2.24) is 10.1 Å². The van der Waals surface area contributed by atoms with Crippen molar-refractivity contribution < 1.29 is 14.1 Å². The second kappa shape index (κ2) is 5.53. The second-order valence-corrected chi connectivity index (χ2v) is 6.61. The van der Waals surface area contributed by atoms with Crippen LogP contribution in [-0.4, -0.2) is 34.8 Å². The number of amides is 1. The van der Waals surface area contributed by atoms with E-state index >= 15 is 0 Å². The number of carbonyl (C=O) groups excluding carboxylic acids is 1. The number of ether oxygens (including phenoxy) is 1. The highest BCUT2D eigenvalue weighted by molar-refractivity contribution is 9.10. The standard InChI is InChI=1S/C13H19BrN2O3/c1-13(2,3)18-12(17)16-6-4-9(5-7-16)10-8-11(14)15-19-10/h8-9H,4-7H2,1-3H3. The van der Waals surface area contributed by atoms with Gasteiger partial charge in [-0.1, -0.05) is 5.16 Å². The highest BCUT2D eigenvalue weighted by Crippen LogP contribution is 2.30. The molecule has 6 heteroatoms. The van der Waals surface area contributed by atoms with E-state index in [2.05, 4.69) is 21.1 Å². The fourth-order valence-electron chi connectivity index (χ4n) is 2.13. The predicted octanol–water partition coefficient (Wildman–Crippen LogP) is 3.55. The van der Waals surface area contributed by atoms with E-state index in [1.807, 2.05) is 26.8 Å². The summed E-state index contributed by atoms with van der Waals surface area (Å²) in [4.78, 5) is 13.7. The van der Waals surface area contributed by atoms with Gasteiger partial charge in [0.2, 0.25) is 0 Å². The van der Waals surface area contributed by atoms with E-state index in [0.29, 0.717) is 19.0 Å². The second-order valence-electron chi connectivity index (χ2n) is 5.79. The first-order chi connectivity index (χ1) is 8.85. The summed E-state index contributed by atoms with van der Waals surface area (Å²) in [5.41, 5.74) is -0.441. The van der Waals surface area contributed by atoms with Crippen molar-refractivity contribution in [1.29, 1.82) is 0 Å². The molecule has 0 bridgehead atoms. The van der Waals surface area contributed by atoms with Crippen molar-refractivity contribution in [2.45, 2.75) is 45.1 Å². The normalized spacial score (nSPS) is 17.6. The van der Waals surface area contributed by atoms with Crippen LogP contribution in [-0.2, 0) is 4.74 Å². The van der Waals surface area contributed by atoms with E-state index in [9.17, 15) is 4.79 Å². The van der Waals surface area contributed by atoms with Gasteiger partial charge in [0.25, 0.3) is 0 Å². The molecule has 1 amide bonds. The fraction of sp³-hybridized carbons (Fsp3) is 0.692. The quantitative estimate of drug-likeness (QED) is 0.790. The maximum absolute atomic E-state index is 11.9. The molecule has 2 rings (SSSR count). The van der Waals surface area contributed by atoms with Crippen LogP contribution in [0.3, 0.4) is 0 Å². The zero-order valence-corrected chi connectivity index (χ0v) is 13.1. The average molecular weight is 331 g/mol. The minimum atomic E-state index is -0.441. The molecule has 106 valence electrons. The van der Waals surface area contributed by atoms with Gasteiger partial charge in [0.15, 0.2) is 0 Å². The Hall–Kier alpha value is -1.04. The summed E-state index contributed by atoms with van der Waals surface area (Å²) in [6, 6.07) is 1.90. The van der Waals surface area contributed by atoms with Gasteiger partial charge in [-0.2, -0.15) is 0 Å². The maximum Gasteiger partial charge on any atom is 0.410 e. The Kier molecular flexibility index (Phi) is 4.18. The lowest BCUT2D eigenvalue weighted by Crippen LogP contribution is -2.41. The summed E-state index contributed by atoms with van der Waals surface area (Å²) in [7, 11) is 0. The van der Waals surface area contributed by atoms with Gasteiger partial charge in [0, 0.05) is 25.1 Å². The Morgan fingerprint density at radius 3 is 2.58 bits per heavy atom. The summed E-state index contributed by atoms with van der Waals surface area (Å²) in [6.07, 6.45) is 1.52. The highest BCUT2D eigenvalue weighted by Gasteiger charge is 2.28. The number of piperidine rings is 1. The topological polar surface area (TPSA) is 55.6 Å². The third-order valence-electron chi connectivity index (χ3n) is 3.05. The van der Waals surface area contributed by atoms with Gasteiger partial charge >= 0.3 is 6.09 Å². The maximum atomic E-state index is 11.9. The van der Waals surface area contributed by atoms with E-state index in [4.69, 9.17) is 9.26 Å². The number of carbonyl (C=O) groups is 1. The molecule has 2 heterocycles. The Labute approximate surface area is 121 Å². The molecule has 0 aromatic carbocycles. The fourth-order valence-corrected chi connectivity index (χ4v) is 2.43. The highest BCUT2D eigenvalue weighted by atomic mass is 79.9. The molecule has 0 spiro atoms. The molecule has 0 atom stereocenters. The number of aromatic nitrogens is 1. The van der Waals surface area contributed by atoms with Crippen molar-refractivity contribution in [2.24, 2.45) is 0 Å². The van der Waals surface area contributed by atoms with Gasteiger partial charge in [0.1, 0.15) is 16.0 Å². The van der Waals surface area contributed by atoms with Gasteiger partial charge in [-0.15, -0.1) is 0 Å². The Bertz CT molecular complexity index is 445. The van der Waals surface area contributed by atoms with Crippen LogP contribution in [0.1, 0.15) is 45.3 Å². The summed E-state index contributed by atoms with van der Waals surface area (Å²) < 4.78 is 11.3. The number of hydrogen-bond acceptors (Lipinski definition) is 4. The van der Waals surface area contributed by atoms with Crippen LogP contribution >= 0.6 is 15.9 Å². The van der Waals surface area contributed by atoms with Gasteiger partial charge < -0.3 is 14.2 Å². The Morgan fingerprint density at radius 1 is 1.47 bits per heavy atom. The van der Waals surface area contributed by atoms with E-state index in [-0.39, 0.29) is 6.09 Å². The molecular weight excluding hydrogens is 312 g/mol. The molecule has 1 aliphatic rings. The number of hydrogen-bond donors (Lipinski definition) is 0. The van der Waals surface area contributed by atoms with Crippen molar-refractivity contribution in [3.05, 3.63) is 16.4 Å². The summed E-state index contributed by atoms with van der Waals surface area (Å²) >= 11 is 3.28. The third-order valence-corrected chi connectivity index (χ3v) is 3.42. The molecule has 1 aliphatic heterocycles. The summed E-state index contributed by atoms with van der Waals surface area (Å²) in [6.45, 7) is 7.02. The monoisotopic (exact) mass is 330 g/mol. The molecule has 1 saturated heterocycles. The first kappa shape index (κ1) is 14.4. The van der Waals surface area contributed by atoms with Gasteiger partial charge in [-0.3, -0.25) is 0 Å². The molecule has 0 unspecified atom stereocenters. The van der Waals surface area contributed by atoms with Gasteiger partial charge in [-0.05, 0) is 49.5 Å². The lowest BCUT2D eigenvalue weighted by atomic mass is 9.95. The van der Waals surface area contributed by atoms with Crippen molar-refractivity contribution in [3.8, 4) is 0 Å². The summed E-state index contributed by atoms with van der Waals surface area (Å²) in [5.74, 6) is 1.22. The van der Waals surface area contributed by atoms with E-state index < -0.39 is 5.60 Å². The first-order valence-corrected chi connectivity index (χ1v) is 7.24. The molecule has 1 aromatic rings. The van der Waals surface area contributed by atoms with Crippen LogP contribution < -0.4 is 0 Å². The van der Waals surface area contributed by atoms with Crippen molar-refractivity contribution in [3.63, 3.8) is 0 Å². The number of likely N-dealkylation sites (tertiary alicyclic amines) is 1. The van der Waals surface area contributed by atoms with Crippen LogP contribution in [0.5, 0.6) is 0 Å². The third kappa shape index (κ3) is 3.96. The lowest BCUT2D eigenvalue weighted by Gasteiger charge is -2.32. The van der Waals surface area contributed by atoms with Crippen LogP contribution in [0.15, 0.2) is 15.2 Å². The smallest absolute Gasteiger partial charge is 0.410 e. The van der Waals surface area contributed by atoms with Crippen LogP contribution in [0.25, 0.3) is 0 Å². The first-order valence-electron chi connectivity index (χ1n) is 6.45. The molecule has 0 aliphatic carbocycles. The lowest BCUT2D eigenvalue weighted by molar-refractivity contribution is 0.0199. The number of nitrogens with zero attached hydrogens (tertiary/aromatic N) is 2. The zero-order valence-electron chi connectivity index (χ0n) is 11.5. The molecule has 5 nitrogen and oxygen atoms in total. The van der Waals surface area contributed by atoms with Crippen LogP contribution in [0.4, 0.5) is 4.79 Å². The van der Waals surface area contributed by atoms with Crippen molar-refractivity contribution >= 4 is 22.0 Å². The van der Waals surface area contributed by atoms with Gasteiger partial charge in [0.05, 0.1) is 0 Å². The molecule has 19 heavy (non-hydrogen) atoms. The van der Waals surface area contributed by atoms with Gasteiger partial charge in [-0.25, -0.2) is 4.79 Å². The van der Waals surface area contributed by atoms with E-state index in [1.54, 1.807) is 4.90 Å². The molecule has 1 fully saturated rings. The molecule has 0 saturated carbocycles. The Morgan fingerprint density at radius 2 is 2.11 bits per heavy atom. The average Bonchev–Trinajstić information content (AvgIpc) is 2.74. The molecule has 0 N–H and O–H groups in total. The largest absolute Gasteiger partial charge is 0.444 e. The summed E-state index contributed by atoms with van der Waals surface area (Å²) in [5, 5.41) is 3.83. The molecule has 1 aromatic heterocycles. The molecular formula is C13H19BrN2O3. The predicted molar refractivity (Wildman–Crippen MR) is 74.0 cm³/mol. The number of halogens is 1. The Balaban J connectivity index is 1.87. The SMILES string of the molecule is CC(C)(C)OC(=O)N1CCC(c2cc(Br)no2)CC1. The molecule has 0 radical (unpaired) electrons. The van der Waals surface area contributed by atoms with Crippen LogP contribution in [0, 0.1) is 0 Å². The number of rotatable bonds is 1. The van der Waals surface area contributed by atoms with E-state index in [0.717, 1.165) is 23.2 Å². The van der Waals surface area contributed by atoms with Crippen molar-refractivity contribution in [2.75, 3.05) is 13.1 Å². The van der Waals surface area contributed by atoms with Crippen LogP contribution in [0.2, 0.25) is 0 Å². The minimum Gasteiger partial charge on any atom is -0.444 e. The minimum absolute atomic E-state index is 0.232. The van der Waals surface area contributed by atoms with E-state index in [1.165, 1.54) is 0 Å². The zero-order chi connectivity index (χ0) is 14.0.